The third-order valence-corrected chi connectivity index (χ3v) is 4.53. The summed E-state index contributed by atoms with van der Waals surface area (Å²) in [6, 6.07) is 7.36. The van der Waals surface area contributed by atoms with E-state index >= 15 is 0 Å². The average Bonchev–Trinajstić information content (AvgIpc) is 2.30. The van der Waals surface area contributed by atoms with Crippen molar-refractivity contribution in [1.29, 1.82) is 0 Å². The van der Waals surface area contributed by atoms with Crippen molar-refractivity contribution in [3.8, 4) is 0 Å². The molecule has 6 heteroatoms. The van der Waals surface area contributed by atoms with Crippen LogP contribution in [0.5, 0.6) is 0 Å². The lowest BCUT2D eigenvalue weighted by molar-refractivity contribution is 0.403. The van der Waals surface area contributed by atoms with Gasteiger partial charge in [-0.15, -0.1) is 0 Å². The highest BCUT2D eigenvalue weighted by molar-refractivity contribution is 7.87. The Bertz CT molecular complexity index is 469. The Morgan fingerprint density at radius 2 is 1.83 bits per heavy atom. The number of rotatable bonds is 6. The zero-order valence-corrected chi connectivity index (χ0v) is 11.9. The van der Waals surface area contributed by atoms with Gasteiger partial charge in [0, 0.05) is 25.3 Å². The van der Waals surface area contributed by atoms with Crippen molar-refractivity contribution in [2.24, 2.45) is 0 Å². The fraction of sp³-hybridized carbons (Fsp3) is 0.500. The SMILES string of the molecule is CC(C)N(C)S(=O)(=O)NCCc1ccc(N)cc1. The van der Waals surface area contributed by atoms with Gasteiger partial charge in [0.15, 0.2) is 0 Å². The van der Waals surface area contributed by atoms with Gasteiger partial charge in [0.25, 0.3) is 10.2 Å². The predicted octanol–water partition coefficient (Wildman–Crippen LogP) is 0.986. The van der Waals surface area contributed by atoms with Crippen LogP contribution in [0.4, 0.5) is 5.69 Å². The fourth-order valence-corrected chi connectivity index (χ4v) is 2.51. The van der Waals surface area contributed by atoms with Crippen LogP contribution >= 0.6 is 0 Å². The van der Waals surface area contributed by atoms with Crippen molar-refractivity contribution in [3.63, 3.8) is 0 Å². The van der Waals surface area contributed by atoms with E-state index in [0.717, 1.165) is 5.56 Å². The fourth-order valence-electron chi connectivity index (χ4n) is 1.39. The Morgan fingerprint density at radius 1 is 1.28 bits per heavy atom. The highest BCUT2D eigenvalue weighted by atomic mass is 32.2. The Morgan fingerprint density at radius 3 is 2.33 bits per heavy atom. The molecular weight excluding hydrogens is 250 g/mol. The molecular formula is C12H21N3O2S. The normalized spacial score (nSPS) is 12.3. The standard InChI is InChI=1S/C12H21N3O2S/c1-10(2)15(3)18(16,17)14-9-8-11-4-6-12(13)7-5-11/h4-7,10,14H,8-9,13H2,1-3H3. The van der Waals surface area contributed by atoms with Gasteiger partial charge in [-0.05, 0) is 38.0 Å². The van der Waals surface area contributed by atoms with Crippen LogP contribution in [0.1, 0.15) is 19.4 Å². The summed E-state index contributed by atoms with van der Waals surface area (Å²) in [5.74, 6) is 0. The maximum Gasteiger partial charge on any atom is 0.279 e. The van der Waals surface area contributed by atoms with E-state index in [1.54, 1.807) is 7.05 Å². The maximum atomic E-state index is 11.8. The molecule has 0 aliphatic rings. The first-order valence-electron chi connectivity index (χ1n) is 5.90. The molecule has 0 heterocycles. The molecule has 0 bridgehead atoms. The zero-order chi connectivity index (χ0) is 13.8. The quantitative estimate of drug-likeness (QED) is 0.758. The summed E-state index contributed by atoms with van der Waals surface area (Å²) in [4.78, 5) is 0. The van der Waals surface area contributed by atoms with E-state index in [-0.39, 0.29) is 6.04 Å². The second kappa shape index (κ2) is 6.17. The number of nitrogens with one attached hydrogen (secondary N) is 1. The lowest BCUT2D eigenvalue weighted by atomic mass is 10.1. The van der Waals surface area contributed by atoms with Crippen molar-refractivity contribution in [3.05, 3.63) is 29.8 Å². The van der Waals surface area contributed by atoms with Gasteiger partial charge in [0.1, 0.15) is 0 Å². The zero-order valence-electron chi connectivity index (χ0n) is 11.1. The van der Waals surface area contributed by atoms with Crippen molar-refractivity contribution < 1.29 is 8.42 Å². The molecule has 0 unspecified atom stereocenters. The molecule has 0 saturated heterocycles. The smallest absolute Gasteiger partial charge is 0.279 e. The van der Waals surface area contributed by atoms with E-state index in [0.29, 0.717) is 18.7 Å². The number of anilines is 1. The Kier molecular flexibility index (Phi) is 5.13. The van der Waals surface area contributed by atoms with Crippen molar-refractivity contribution in [2.45, 2.75) is 26.3 Å². The van der Waals surface area contributed by atoms with Crippen LogP contribution in [0, 0.1) is 0 Å². The minimum Gasteiger partial charge on any atom is -0.399 e. The molecule has 0 radical (unpaired) electrons. The summed E-state index contributed by atoms with van der Waals surface area (Å²) in [5, 5.41) is 0. The van der Waals surface area contributed by atoms with Crippen LogP contribution < -0.4 is 10.5 Å². The molecule has 0 atom stereocenters. The molecule has 1 aromatic rings. The molecule has 1 aromatic carbocycles. The summed E-state index contributed by atoms with van der Waals surface area (Å²) in [6.07, 6.45) is 0.644. The molecule has 18 heavy (non-hydrogen) atoms. The third kappa shape index (κ3) is 4.29. The Hall–Kier alpha value is -1.11. The molecule has 5 nitrogen and oxygen atoms in total. The van der Waals surface area contributed by atoms with Crippen LogP contribution in [-0.2, 0) is 16.6 Å². The van der Waals surface area contributed by atoms with Gasteiger partial charge in [-0.3, -0.25) is 0 Å². The van der Waals surface area contributed by atoms with Gasteiger partial charge < -0.3 is 5.73 Å². The molecule has 3 N–H and O–H groups in total. The second-order valence-electron chi connectivity index (χ2n) is 4.50. The molecule has 0 aliphatic heterocycles. The summed E-state index contributed by atoms with van der Waals surface area (Å²) in [5.41, 5.74) is 7.34. The monoisotopic (exact) mass is 271 g/mol. The van der Waals surface area contributed by atoms with Crippen LogP contribution in [0.15, 0.2) is 24.3 Å². The predicted molar refractivity (Wildman–Crippen MR) is 74.4 cm³/mol. The lowest BCUT2D eigenvalue weighted by Gasteiger charge is -2.21. The number of nitrogens with zero attached hydrogens (tertiary/aromatic N) is 1. The summed E-state index contributed by atoms with van der Waals surface area (Å²) in [7, 11) is -1.81. The molecule has 0 saturated carbocycles. The Balaban J connectivity index is 2.49. The first kappa shape index (κ1) is 14.9. The van der Waals surface area contributed by atoms with Gasteiger partial charge in [0.2, 0.25) is 0 Å². The van der Waals surface area contributed by atoms with Crippen LogP contribution in [0.2, 0.25) is 0 Å². The number of nitrogens with two attached hydrogens (primary N) is 1. The minimum absolute atomic E-state index is 0.0565. The number of nitrogen functional groups attached to an aromatic ring is 1. The average molecular weight is 271 g/mol. The second-order valence-corrected chi connectivity index (χ2v) is 6.32. The van der Waals surface area contributed by atoms with E-state index in [4.69, 9.17) is 5.73 Å². The van der Waals surface area contributed by atoms with Crippen molar-refractivity contribution >= 4 is 15.9 Å². The lowest BCUT2D eigenvalue weighted by Crippen LogP contribution is -2.42. The molecule has 102 valence electrons. The van der Waals surface area contributed by atoms with E-state index in [1.807, 2.05) is 38.1 Å². The number of hydrogen-bond acceptors (Lipinski definition) is 3. The first-order chi connectivity index (χ1) is 8.33. The van der Waals surface area contributed by atoms with Crippen molar-refractivity contribution in [1.82, 2.24) is 9.03 Å². The molecule has 0 spiro atoms. The third-order valence-electron chi connectivity index (χ3n) is 2.78. The van der Waals surface area contributed by atoms with Gasteiger partial charge in [0.05, 0.1) is 0 Å². The highest BCUT2D eigenvalue weighted by Crippen LogP contribution is 2.06. The molecule has 0 fully saturated rings. The van der Waals surface area contributed by atoms with Crippen LogP contribution in [0.3, 0.4) is 0 Å². The van der Waals surface area contributed by atoms with E-state index in [9.17, 15) is 8.42 Å². The van der Waals surface area contributed by atoms with E-state index in [2.05, 4.69) is 4.72 Å². The van der Waals surface area contributed by atoms with Gasteiger partial charge >= 0.3 is 0 Å². The first-order valence-corrected chi connectivity index (χ1v) is 7.34. The summed E-state index contributed by atoms with van der Waals surface area (Å²) >= 11 is 0. The van der Waals surface area contributed by atoms with Gasteiger partial charge in [-0.25, -0.2) is 4.72 Å². The van der Waals surface area contributed by atoms with Gasteiger partial charge in [-0.1, -0.05) is 12.1 Å². The van der Waals surface area contributed by atoms with E-state index in [1.165, 1.54) is 4.31 Å². The molecule has 0 aromatic heterocycles. The van der Waals surface area contributed by atoms with E-state index < -0.39 is 10.2 Å². The van der Waals surface area contributed by atoms with Gasteiger partial charge in [-0.2, -0.15) is 12.7 Å². The highest BCUT2D eigenvalue weighted by Gasteiger charge is 2.19. The maximum absolute atomic E-state index is 11.8. The van der Waals surface area contributed by atoms with Crippen molar-refractivity contribution in [2.75, 3.05) is 19.3 Å². The Labute approximate surface area is 109 Å². The molecule has 0 amide bonds. The molecule has 1 rings (SSSR count). The van der Waals surface area contributed by atoms with Crippen LogP contribution in [0.25, 0.3) is 0 Å². The number of hydrogen-bond donors (Lipinski definition) is 2. The summed E-state index contributed by atoms with van der Waals surface area (Å²) < 4.78 is 27.5. The summed E-state index contributed by atoms with van der Waals surface area (Å²) in [6.45, 7) is 4.04. The number of benzene rings is 1. The van der Waals surface area contributed by atoms with Crippen LogP contribution in [-0.4, -0.2) is 32.4 Å². The largest absolute Gasteiger partial charge is 0.399 e. The topological polar surface area (TPSA) is 75.4 Å². The molecule has 0 aliphatic carbocycles. The minimum atomic E-state index is -3.38.